The molecule has 0 amide bonds. The second kappa shape index (κ2) is 13.8. The molecule has 1 aliphatic heterocycles. The van der Waals surface area contributed by atoms with Crippen molar-refractivity contribution in [1.82, 2.24) is 24.1 Å². The predicted molar refractivity (Wildman–Crippen MR) is 225 cm³/mol. The average molecular weight is 923 g/mol. The zero-order chi connectivity index (χ0) is 38.2. The number of hydrogen-bond donors (Lipinski definition) is 0. The SMILES string of the molecule is CC(C)(C)c1cc(Oc2[c-]c3c(cc2)c2ccncc2n3-c2cc(C(C)(C)c3ccccc3)ccn2)[c-]c(N2[CH-]n3c(nc4ccccc43)-c3ccccc32)c1.[Pt]. The number of fused-ring (bicyclic) bond motifs is 8. The molecule has 57 heavy (non-hydrogen) atoms. The number of para-hydroxylation sites is 3. The normalized spacial score (nSPS) is 12.6. The van der Waals surface area contributed by atoms with Crippen molar-refractivity contribution >= 4 is 44.2 Å². The number of rotatable bonds is 6. The summed E-state index contributed by atoms with van der Waals surface area (Å²) in [5, 5.41) is 2.11. The summed E-state index contributed by atoms with van der Waals surface area (Å²) in [6, 6.07) is 49.2. The fraction of sp³-hybridized carbons (Fsp3) is 0.143. The Kier molecular flexibility index (Phi) is 8.82. The van der Waals surface area contributed by atoms with Gasteiger partial charge in [0.2, 0.25) is 0 Å². The van der Waals surface area contributed by atoms with Gasteiger partial charge in [0.05, 0.1) is 11.7 Å². The first-order valence-electron chi connectivity index (χ1n) is 18.9. The Balaban J connectivity index is 0.00000422. The summed E-state index contributed by atoms with van der Waals surface area (Å²) >= 11 is 0. The van der Waals surface area contributed by atoms with Gasteiger partial charge < -0.3 is 23.8 Å². The fourth-order valence-electron chi connectivity index (χ4n) is 7.88. The van der Waals surface area contributed by atoms with Gasteiger partial charge >= 0.3 is 0 Å². The number of nitrogens with zero attached hydrogens (tertiary/aromatic N) is 6. The summed E-state index contributed by atoms with van der Waals surface area (Å²) in [4.78, 5) is 16.6. The molecule has 0 unspecified atom stereocenters. The van der Waals surface area contributed by atoms with E-state index in [9.17, 15) is 0 Å². The van der Waals surface area contributed by atoms with Crippen molar-refractivity contribution in [1.29, 1.82) is 0 Å². The molecule has 0 saturated carbocycles. The summed E-state index contributed by atoms with van der Waals surface area (Å²) in [5.41, 5.74) is 9.87. The maximum absolute atomic E-state index is 6.77. The minimum absolute atomic E-state index is 0. The van der Waals surface area contributed by atoms with E-state index >= 15 is 0 Å². The molecule has 0 bridgehead atoms. The van der Waals surface area contributed by atoms with Crippen LogP contribution in [0.3, 0.4) is 0 Å². The minimum atomic E-state index is -0.238. The Morgan fingerprint density at radius 1 is 0.667 bits per heavy atom. The van der Waals surface area contributed by atoms with Crippen molar-refractivity contribution in [2.24, 2.45) is 0 Å². The van der Waals surface area contributed by atoms with Crippen LogP contribution >= 0.6 is 0 Å². The Morgan fingerprint density at radius 2 is 1.46 bits per heavy atom. The van der Waals surface area contributed by atoms with Crippen LogP contribution in [0.5, 0.6) is 11.5 Å². The molecule has 0 N–H and O–H groups in total. The zero-order valence-corrected chi connectivity index (χ0v) is 34.5. The van der Waals surface area contributed by atoms with Gasteiger partial charge in [-0.05, 0) is 70.0 Å². The van der Waals surface area contributed by atoms with E-state index in [0.29, 0.717) is 11.5 Å². The van der Waals surface area contributed by atoms with E-state index in [1.807, 2.05) is 30.7 Å². The van der Waals surface area contributed by atoms with Crippen LogP contribution in [0.25, 0.3) is 50.0 Å². The van der Waals surface area contributed by atoms with E-state index in [4.69, 9.17) is 14.7 Å². The Morgan fingerprint density at radius 3 is 2.30 bits per heavy atom. The molecule has 10 rings (SSSR count). The Hall–Kier alpha value is -6.17. The van der Waals surface area contributed by atoms with Gasteiger partial charge in [-0.25, -0.2) is 4.98 Å². The number of anilines is 2. The Labute approximate surface area is 346 Å². The number of pyridine rings is 2. The summed E-state index contributed by atoms with van der Waals surface area (Å²) in [6.07, 6.45) is 5.62. The molecule has 1 aliphatic rings. The molecule has 0 spiro atoms. The van der Waals surface area contributed by atoms with Gasteiger partial charge in [-0.2, -0.15) is 6.07 Å². The first-order chi connectivity index (χ1) is 27.1. The minimum Gasteiger partial charge on any atom is -0.509 e. The average Bonchev–Trinajstić information content (AvgIpc) is 3.76. The van der Waals surface area contributed by atoms with Crippen LogP contribution in [0.15, 0.2) is 140 Å². The quantitative estimate of drug-likeness (QED) is 0.156. The van der Waals surface area contributed by atoms with Gasteiger partial charge in [0, 0.05) is 67.4 Å². The molecular weight excluding hydrogens is 884 g/mol. The maximum Gasteiger partial charge on any atom is 0.135 e. The van der Waals surface area contributed by atoms with Crippen molar-refractivity contribution in [3.63, 3.8) is 0 Å². The van der Waals surface area contributed by atoms with Crippen LogP contribution in [0, 0.1) is 18.8 Å². The van der Waals surface area contributed by atoms with Gasteiger partial charge in [-0.1, -0.05) is 113 Å². The largest absolute Gasteiger partial charge is 0.509 e. The number of hydrogen-bond acceptors (Lipinski definition) is 5. The van der Waals surface area contributed by atoms with Crippen molar-refractivity contribution < 1.29 is 25.8 Å². The van der Waals surface area contributed by atoms with Crippen molar-refractivity contribution in [3.8, 4) is 28.7 Å². The first kappa shape index (κ1) is 36.5. The molecule has 0 saturated heterocycles. The molecule has 0 aliphatic carbocycles. The smallest absolute Gasteiger partial charge is 0.135 e. The third-order valence-corrected chi connectivity index (χ3v) is 11.1. The first-order valence-corrected chi connectivity index (χ1v) is 18.9. The van der Waals surface area contributed by atoms with Crippen LogP contribution in [0.4, 0.5) is 11.4 Å². The van der Waals surface area contributed by atoms with E-state index in [-0.39, 0.29) is 31.9 Å². The monoisotopic (exact) mass is 922 g/mol. The molecule has 0 fully saturated rings. The van der Waals surface area contributed by atoms with Crippen LogP contribution < -0.4 is 9.64 Å². The molecular formula is C49H39N6OPt-3. The fourth-order valence-corrected chi connectivity index (χ4v) is 7.88. The number of aromatic nitrogens is 5. The van der Waals surface area contributed by atoms with Crippen LogP contribution in [0.1, 0.15) is 51.3 Å². The standard InChI is InChI=1S/C49H39N6O.Pt/c1-48(2,3)34-25-35(53-31-54-43-18-12-10-16-41(43)52-47(54)40-15-9-11-17-42(40)53)28-37(26-34)56-36-19-20-38-39-22-23-50-30-45(39)55(44(38)29-36)46-27-33(21-24-51-46)49(4,5)32-13-7-6-8-14-32;/h6-27,30-31H,1-5H3;/q-3;. The third kappa shape index (κ3) is 6.18. The van der Waals surface area contributed by atoms with Crippen molar-refractivity contribution in [2.45, 2.75) is 45.4 Å². The number of imidazole rings is 1. The molecule has 5 heterocycles. The van der Waals surface area contributed by atoms with Gasteiger partial charge in [0.15, 0.2) is 0 Å². The predicted octanol–water partition coefficient (Wildman–Crippen LogP) is 11.7. The van der Waals surface area contributed by atoms with Gasteiger partial charge in [-0.3, -0.25) is 4.98 Å². The van der Waals surface area contributed by atoms with Gasteiger partial charge in [0.1, 0.15) is 5.82 Å². The van der Waals surface area contributed by atoms with Crippen molar-refractivity contribution in [2.75, 3.05) is 4.90 Å². The summed E-state index contributed by atoms with van der Waals surface area (Å²) in [7, 11) is 0. The van der Waals surface area contributed by atoms with E-state index in [2.05, 4.69) is 182 Å². The van der Waals surface area contributed by atoms with Gasteiger partial charge in [-0.15, -0.1) is 41.3 Å². The van der Waals surface area contributed by atoms with E-state index in [1.165, 1.54) is 5.56 Å². The van der Waals surface area contributed by atoms with Crippen LogP contribution in [0.2, 0.25) is 0 Å². The second-order valence-corrected chi connectivity index (χ2v) is 16.0. The summed E-state index contributed by atoms with van der Waals surface area (Å²) < 4.78 is 11.1. The zero-order valence-electron chi connectivity index (χ0n) is 32.3. The van der Waals surface area contributed by atoms with Crippen LogP contribution in [-0.2, 0) is 31.9 Å². The molecule has 8 heteroatoms. The molecule has 4 aromatic heterocycles. The Bertz CT molecular complexity index is 2960. The third-order valence-electron chi connectivity index (χ3n) is 11.1. The van der Waals surface area contributed by atoms with Crippen LogP contribution in [-0.4, -0.2) is 24.1 Å². The van der Waals surface area contributed by atoms with E-state index in [1.54, 1.807) is 0 Å². The van der Waals surface area contributed by atoms with E-state index < -0.39 is 0 Å². The molecule has 284 valence electrons. The topological polar surface area (TPSA) is 61.0 Å². The molecule has 9 aromatic rings. The maximum atomic E-state index is 6.77. The number of ether oxygens (including phenoxy) is 1. The molecule has 0 radical (unpaired) electrons. The number of benzene rings is 5. The summed E-state index contributed by atoms with van der Waals surface area (Å²) in [5.74, 6) is 2.89. The molecule has 0 atom stereocenters. The molecule has 7 nitrogen and oxygen atoms in total. The summed E-state index contributed by atoms with van der Waals surface area (Å²) in [6.45, 7) is 13.3. The van der Waals surface area contributed by atoms with E-state index in [0.717, 1.165) is 72.5 Å². The second-order valence-electron chi connectivity index (χ2n) is 16.0. The molecule has 5 aromatic carbocycles. The van der Waals surface area contributed by atoms with Gasteiger partial charge in [0.25, 0.3) is 0 Å². The van der Waals surface area contributed by atoms with Crippen molar-refractivity contribution in [3.05, 3.63) is 175 Å².